The Bertz CT molecular complexity index is 1020. The molecule has 1 aliphatic rings. The fourth-order valence-corrected chi connectivity index (χ4v) is 3.80. The number of nitrogens with zero attached hydrogens (tertiary/aromatic N) is 1. The molecule has 0 aliphatic heterocycles. The summed E-state index contributed by atoms with van der Waals surface area (Å²) in [7, 11) is 0. The minimum atomic E-state index is -0.907. The summed E-state index contributed by atoms with van der Waals surface area (Å²) in [6.45, 7) is 2.19. The number of aryl methyl sites for hydroxylation is 1. The zero-order chi connectivity index (χ0) is 20.3. The third-order valence-electron chi connectivity index (χ3n) is 5.29. The number of hydrogen-bond donors (Lipinski definition) is 3. The van der Waals surface area contributed by atoms with Crippen molar-refractivity contribution >= 4 is 28.7 Å². The highest BCUT2D eigenvalue weighted by Gasteiger charge is 2.42. The van der Waals surface area contributed by atoms with E-state index in [-0.39, 0.29) is 11.9 Å². The summed E-state index contributed by atoms with van der Waals surface area (Å²) in [4.78, 5) is 29.9. The van der Waals surface area contributed by atoms with Gasteiger partial charge in [0, 0.05) is 19.2 Å². The maximum atomic E-state index is 13.1. The summed E-state index contributed by atoms with van der Waals surface area (Å²) in [6.07, 6.45) is 3.02. The molecule has 0 bridgehead atoms. The van der Waals surface area contributed by atoms with E-state index in [2.05, 4.69) is 20.9 Å². The SMILES string of the molecule is Cc1nc2cc(NC(=O)C3(NC(=O)NCc4ccccc4)CCCC3)ccc2o1. The summed E-state index contributed by atoms with van der Waals surface area (Å²) < 4.78 is 5.47. The molecule has 1 aliphatic carbocycles. The number of aromatic nitrogens is 1. The van der Waals surface area contributed by atoms with Crippen LogP contribution in [0.1, 0.15) is 37.1 Å². The van der Waals surface area contributed by atoms with E-state index < -0.39 is 5.54 Å². The second-order valence-corrected chi connectivity index (χ2v) is 7.45. The van der Waals surface area contributed by atoms with Gasteiger partial charge in [0.15, 0.2) is 11.5 Å². The smallest absolute Gasteiger partial charge is 0.315 e. The van der Waals surface area contributed by atoms with Crippen molar-refractivity contribution in [3.8, 4) is 0 Å². The topological polar surface area (TPSA) is 96.3 Å². The maximum Gasteiger partial charge on any atom is 0.315 e. The lowest BCUT2D eigenvalue weighted by atomic mass is 9.96. The summed E-state index contributed by atoms with van der Waals surface area (Å²) in [5.41, 5.74) is 2.09. The van der Waals surface area contributed by atoms with Crippen LogP contribution in [0.2, 0.25) is 0 Å². The number of carbonyl (C=O) groups is 2. The van der Waals surface area contributed by atoms with Crippen LogP contribution < -0.4 is 16.0 Å². The van der Waals surface area contributed by atoms with Crippen LogP contribution in [0.15, 0.2) is 52.9 Å². The average molecular weight is 392 g/mol. The maximum absolute atomic E-state index is 13.1. The fraction of sp³-hybridized carbons (Fsp3) is 0.318. The number of rotatable bonds is 5. The Kier molecular flexibility index (Phi) is 5.20. The largest absolute Gasteiger partial charge is 0.441 e. The molecule has 0 radical (unpaired) electrons. The van der Waals surface area contributed by atoms with Gasteiger partial charge < -0.3 is 20.4 Å². The van der Waals surface area contributed by atoms with E-state index in [9.17, 15) is 9.59 Å². The molecule has 0 atom stereocenters. The van der Waals surface area contributed by atoms with Crippen molar-refractivity contribution in [2.75, 3.05) is 5.32 Å². The first-order valence-electron chi connectivity index (χ1n) is 9.83. The molecule has 3 amide bonds. The van der Waals surface area contributed by atoms with Gasteiger partial charge in [0.2, 0.25) is 5.91 Å². The number of carbonyl (C=O) groups excluding carboxylic acids is 2. The zero-order valence-electron chi connectivity index (χ0n) is 16.3. The van der Waals surface area contributed by atoms with E-state index in [1.807, 2.05) is 30.3 Å². The van der Waals surface area contributed by atoms with Crippen molar-refractivity contribution in [3.63, 3.8) is 0 Å². The number of fused-ring (bicyclic) bond motifs is 1. The molecule has 4 rings (SSSR count). The van der Waals surface area contributed by atoms with E-state index >= 15 is 0 Å². The molecule has 0 unspecified atom stereocenters. The van der Waals surface area contributed by atoms with Crippen LogP contribution in [-0.4, -0.2) is 22.5 Å². The van der Waals surface area contributed by atoms with Gasteiger partial charge in [-0.15, -0.1) is 0 Å². The minimum Gasteiger partial charge on any atom is -0.441 e. The van der Waals surface area contributed by atoms with Crippen molar-refractivity contribution in [1.82, 2.24) is 15.6 Å². The van der Waals surface area contributed by atoms with Crippen LogP contribution in [0.25, 0.3) is 11.1 Å². The molecule has 150 valence electrons. The number of nitrogens with one attached hydrogen (secondary N) is 3. The quantitative estimate of drug-likeness (QED) is 0.614. The van der Waals surface area contributed by atoms with Crippen LogP contribution in [0.3, 0.4) is 0 Å². The van der Waals surface area contributed by atoms with Crippen LogP contribution in [0, 0.1) is 6.92 Å². The summed E-state index contributed by atoms with van der Waals surface area (Å²) in [5, 5.41) is 8.71. The summed E-state index contributed by atoms with van der Waals surface area (Å²) in [5.74, 6) is 0.372. The molecule has 3 N–H and O–H groups in total. The number of benzene rings is 2. The second kappa shape index (κ2) is 7.95. The van der Waals surface area contributed by atoms with Crippen molar-refractivity contribution in [3.05, 3.63) is 60.0 Å². The van der Waals surface area contributed by atoms with Gasteiger partial charge in [-0.2, -0.15) is 0 Å². The van der Waals surface area contributed by atoms with E-state index in [1.54, 1.807) is 25.1 Å². The number of amides is 3. The predicted octanol–water partition coefficient (Wildman–Crippen LogP) is 3.89. The highest BCUT2D eigenvalue weighted by Crippen LogP contribution is 2.31. The predicted molar refractivity (Wildman–Crippen MR) is 110 cm³/mol. The van der Waals surface area contributed by atoms with Crippen molar-refractivity contribution in [1.29, 1.82) is 0 Å². The van der Waals surface area contributed by atoms with Gasteiger partial charge in [0.1, 0.15) is 11.1 Å². The lowest BCUT2D eigenvalue weighted by molar-refractivity contribution is -0.121. The van der Waals surface area contributed by atoms with Crippen LogP contribution in [0.4, 0.5) is 10.5 Å². The zero-order valence-corrected chi connectivity index (χ0v) is 16.3. The van der Waals surface area contributed by atoms with Gasteiger partial charge in [-0.1, -0.05) is 43.2 Å². The van der Waals surface area contributed by atoms with E-state index in [4.69, 9.17) is 4.42 Å². The minimum absolute atomic E-state index is 0.204. The Labute approximate surface area is 168 Å². The van der Waals surface area contributed by atoms with Gasteiger partial charge in [-0.25, -0.2) is 9.78 Å². The molecule has 2 aromatic carbocycles. The summed E-state index contributed by atoms with van der Waals surface area (Å²) >= 11 is 0. The standard InChI is InChI=1S/C22H24N4O3/c1-15-24-18-13-17(9-10-19(18)29-15)25-20(27)22(11-5-6-12-22)26-21(28)23-14-16-7-3-2-4-8-16/h2-4,7-10,13H,5-6,11-12,14H2,1H3,(H,25,27)(H2,23,26,28). The Hall–Kier alpha value is -3.35. The van der Waals surface area contributed by atoms with E-state index in [0.29, 0.717) is 42.1 Å². The number of anilines is 1. The molecular weight excluding hydrogens is 368 g/mol. The van der Waals surface area contributed by atoms with E-state index in [0.717, 1.165) is 18.4 Å². The van der Waals surface area contributed by atoms with E-state index in [1.165, 1.54) is 0 Å². The average Bonchev–Trinajstić information content (AvgIpc) is 3.33. The molecule has 1 heterocycles. The monoisotopic (exact) mass is 392 g/mol. The lowest BCUT2D eigenvalue weighted by Crippen LogP contribution is -2.57. The molecule has 1 aromatic heterocycles. The molecule has 7 heteroatoms. The molecule has 29 heavy (non-hydrogen) atoms. The van der Waals surface area contributed by atoms with Crippen LogP contribution in [0.5, 0.6) is 0 Å². The molecule has 0 spiro atoms. The van der Waals surface area contributed by atoms with Crippen LogP contribution >= 0.6 is 0 Å². The van der Waals surface area contributed by atoms with Gasteiger partial charge in [0.25, 0.3) is 0 Å². The van der Waals surface area contributed by atoms with Crippen molar-refractivity contribution in [2.24, 2.45) is 0 Å². The normalized spacial score (nSPS) is 15.2. The summed E-state index contributed by atoms with van der Waals surface area (Å²) in [6, 6.07) is 14.7. The number of urea groups is 1. The highest BCUT2D eigenvalue weighted by atomic mass is 16.3. The molecule has 1 fully saturated rings. The Morgan fingerprint density at radius 3 is 2.62 bits per heavy atom. The third kappa shape index (κ3) is 4.23. The third-order valence-corrected chi connectivity index (χ3v) is 5.29. The van der Waals surface area contributed by atoms with Crippen molar-refractivity contribution < 1.29 is 14.0 Å². The Balaban J connectivity index is 1.43. The second-order valence-electron chi connectivity index (χ2n) is 7.45. The fourth-order valence-electron chi connectivity index (χ4n) is 3.80. The molecule has 3 aromatic rings. The van der Waals surface area contributed by atoms with Gasteiger partial charge >= 0.3 is 6.03 Å². The molecule has 0 saturated heterocycles. The lowest BCUT2D eigenvalue weighted by Gasteiger charge is -2.29. The Morgan fingerprint density at radius 2 is 1.86 bits per heavy atom. The van der Waals surface area contributed by atoms with Gasteiger partial charge in [0.05, 0.1) is 0 Å². The number of hydrogen-bond acceptors (Lipinski definition) is 4. The van der Waals surface area contributed by atoms with Gasteiger partial charge in [-0.3, -0.25) is 4.79 Å². The Morgan fingerprint density at radius 1 is 1.10 bits per heavy atom. The number of oxazole rings is 1. The molecular formula is C22H24N4O3. The van der Waals surface area contributed by atoms with Crippen LogP contribution in [-0.2, 0) is 11.3 Å². The highest BCUT2D eigenvalue weighted by molar-refractivity contribution is 6.01. The first kappa shape index (κ1) is 19.0. The first-order chi connectivity index (χ1) is 14.0. The van der Waals surface area contributed by atoms with Crippen molar-refractivity contribution in [2.45, 2.75) is 44.7 Å². The molecule has 7 nitrogen and oxygen atoms in total. The molecule has 1 saturated carbocycles. The van der Waals surface area contributed by atoms with Gasteiger partial charge in [-0.05, 0) is 36.6 Å². The first-order valence-corrected chi connectivity index (χ1v) is 9.83.